The van der Waals surface area contributed by atoms with E-state index in [1.807, 2.05) is 76.8 Å². The van der Waals surface area contributed by atoms with E-state index in [2.05, 4.69) is 21.8 Å². The highest BCUT2D eigenvalue weighted by Crippen LogP contribution is 2.23. The van der Waals surface area contributed by atoms with Crippen LogP contribution < -0.4 is 4.74 Å². The molecule has 7 heteroatoms. The summed E-state index contributed by atoms with van der Waals surface area (Å²) >= 11 is 1.61. The Labute approximate surface area is 167 Å². The lowest BCUT2D eigenvalue weighted by atomic mass is 10.2. The molecule has 0 spiro atoms. The molecule has 6 nitrogen and oxygen atoms in total. The van der Waals surface area contributed by atoms with Crippen LogP contribution in [0, 0.1) is 6.92 Å². The van der Waals surface area contributed by atoms with Gasteiger partial charge in [-0.2, -0.15) is 0 Å². The van der Waals surface area contributed by atoms with E-state index in [0.717, 1.165) is 39.4 Å². The molecular weight excluding hydrogens is 370 g/mol. The minimum absolute atomic E-state index is 0.362. The number of hydrogen-bond acceptors (Lipinski definition) is 5. The molecule has 0 atom stereocenters. The van der Waals surface area contributed by atoms with E-state index in [-0.39, 0.29) is 0 Å². The van der Waals surface area contributed by atoms with Crippen molar-refractivity contribution in [3.8, 4) is 5.75 Å². The Balaban J connectivity index is 1.47. The minimum atomic E-state index is 0.362. The van der Waals surface area contributed by atoms with E-state index in [9.17, 15) is 0 Å². The molecule has 0 fully saturated rings. The van der Waals surface area contributed by atoms with E-state index in [1.54, 1.807) is 11.8 Å². The summed E-state index contributed by atoms with van der Waals surface area (Å²) in [5.74, 6) is 2.35. The van der Waals surface area contributed by atoms with Gasteiger partial charge in [-0.3, -0.25) is 4.57 Å². The molecule has 142 valence electrons. The SMILES string of the molecule is C=CCn1c(COc2ccccc2C)nnc1SCc1cn2ccccc2n1. The topological polar surface area (TPSA) is 57.2 Å². The Hall–Kier alpha value is -3.06. The molecule has 0 aliphatic carbocycles. The van der Waals surface area contributed by atoms with Crippen molar-refractivity contribution in [2.75, 3.05) is 0 Å². The number of aromatic nitrogens is 5. The third kappa shape index (κ3) is 3.94. The van der Waals surface area contributed by atoms with Crippen molar-refractivity contribution in [3.63, 3.8) is 0 Å². The average Bonchev–Trinajstić information content (AvgIpc) is 3.29. The third-order valence-corrected chi connectivity index (χ3v) is 5.32. The van der Waals surface area contributed by atoms with Crippen molar-refractivity contribution in [1.29, 1.82) is 0 Å². The zero-order chi connectivity index (χ0) is 19.3. The normalized spacial score (nSPS) is 11.0. The van der Waals surface area contributed by atoms with Crippen LogP contribution in [0.4, 0.5) is 0 Å². The van der Waals surface area contributed by atoms with E-state index in [0.29, 0.717) is 13.2 Å². The summed E-state index contributed by atoms with van der Waals surface area (Å²) in [6.07, 6.45) is 5.88. The first-order valence-electron chi connectivity index (χ1n) is 9.01. The number of pyridine rings is 1. The fourth-order valence-electron chi connectivity index (χ4n) is 2.90. The van der Waals surface area contributed by atoms with Crippen molar-refractivity contribution in [2.45, 2.75) is 31.0 Å². The number of ether oxygens (including phenoxy) is 1. The highest BCUT2D eigenvalue weighted by atomic mass is 32.2. The number of aryl methyl sites for hydroxylation is 1. The van der Waals surface area contributed by atoms with Gasteiger partial charge in [0.2, 0.25) is 0 Å². The summed E-state index contributed by atoms with van der Waals surface area (Å²) < 4.78 is 10.00. The third-order valence-electron chi connectivity index (χ3n) is 4.32. The monoisotopic (exact) mass is 391 g/mol. The molecule has 0 aliphatic rings. The number of benzene rings is 1. The van der Waals surface area contributed by atoms with Crippen molar-refractivity contribution in [3.05, 3.63) is 84.6 Å². The van der Waals surface area contributed by atoms with E-state index < -0.39 is 0 Å². The second-order valence-corrected chi connectivity index (χ2v) is 7.28. The van der Waals surface area contributed by atoms with E-state index in [1.165, 1.54) is 0 Å². The van der Waals surface area contributed by atoms with Crippen LogP contribution in [0.1, 0.15) is 17.1 Å². The number of para-hydroxylation sites is 1. The standard InChI is InChI=1S/C21H21N5OS/c1-3-11-26-20(14-27-18-9-5-4-8-16(18)2)23-24-21(26)28-15-17-13-25-12-7-6-10-19(25)22-17/h3-10,12-13H,1,11,14-15H2,2H3. The second kappa shape index (κ2) is 8.31. The highest BCUT2D eigenvalue weighted by molar-refractivity contribution is 7.98. The Kier molecular flexibility index (Phi) is 5.43. The predicted molar refractivity (Wildman–Crippen MR) is 110 cm³/mol. The summed E-state index contributed by atoms with van der Waals surface area (Å²) in [6, 6.07) is 13.9. The minimum Gasteiger partial charge on any atom is -0.485 e. The zero-order valence-electron chi connectivity index (χ0n) is 15.7. The van der Waals surface area contributed by atoms with Crippen LogP contribution in [0.15, 0.2) is 72.7 Å². The summed E-state index contributed by atoms with van der Waals surface area (Å²) in [5.41, 5.74) is 3.04. The van der Waals surface area contributed by atoms with E-state index >= 15 is 0 Å². The Morgan fingerprint density at radius 3 is 2.82 bits per heavy atom. The molecule has 0 amide bonds. The average molecular weight is 392 g/mol. The molecule has 0 aliphatic heterocycles. The fraction of sp³-hybridized carbons (Fsp3) is 0.190. The lowest BCUT2D eigenvalue weighted by Gasteiger charge is -2.10. The molecule has 0 unspecified atom stereocenters. The molecule has 0 saturated heterocycles. The van der Waals surface area contributed by atoms with Crippen LogP contribution in [0.25, 0.3) is 5.65 Å². The Morgan fingerprint density at radius 2 is 2.00 bits per heavy atom. The van der Waals surface area contributed by atoms with Crippen LogP contribution in [0.5, 0.6) is 5.75 Å². The maximum absolute atomic E-state index is 5.94. The summed E-state index contributed by atoms with van der Waals surface area (Å²) in [4.78, 5) is 4.64. The molecule has 0 saturated carbocycles. The Morgan fingerprint density at radius 1 is 1.14 bits per heavy atom. The number of hydrogen-bond donors (Lipinski definition) is 0. The number of thioether (sulfide) groups is 1. The van der Waals surface area contributed by atoms with Gasteiger partial charge in [0.15, 0.2) is 11.0 Å². The molecule has 0 N–H and O–H groups in total. The number of imidazole rings is 1. The maximum Gasteiger partial charge on any atom is 0.191 e. The smallest absolute Gasteiger partial charge is 0.191 e. The summed E-state index contributed by atoms with van der Waals surface area (Å²) in [7, 11) is 0. The first-order chi connectivity index (χ1) is 13.7. The van der Waals surface area contributed by atoms with Gasteiger partial charge in [-0.25, -0.2) is 4.98 Å². The van der Waals surface area contributed by atoms with Crippen molar-refractivity contribution in [2.24, 2.45) is 0 Å². The number of rotatable bonds is 8. The van der Waals surface area contributed by atoms with Gasteiger partial charge in [-0.1, -0.05) is 42.1 Å². The second-order valence-electron chi connectivity index (χ2n) is 6.34. The van der Waals surface area contributed by atoms with Gasteiger partial charge >= 0.3 is 0 Å². The molecule has 1 aromatic carbocycles. The molecule has 0 bridgehead atoms. The molecule has 3 heterocycles. The number of nitrogens with zero attached hydrogens (tertiary/aromatic N) is 5. The van der Waals surface area contributed by atoms with Gasteiger partial charge in [0, 0.05) is 24.7 Å². The van der Waals surface area contributed by atoms with Crippen LogP contribution in [0.2, 0.25) is 0 Å². The lowest BCUT2D eigenvalue weighted by Crippen LogP contribution is -2.08. The van der Waals surface area contributed by atoms with Gasteiger partial charge < -0.3 is 9.14 Å². The quantitative estimate of drug-likeness (QED) is 0.331. The van der Waals surface area contributed by atoms with Gasteiger partial charge in [-0.15, -0.1) is 16.8 Å². The molecule has 4 rings (SSSR count). The van der Waals surface area contributed by atoms with Crippen LogP contribution in [-0.2, 0) is 18.9 Å². The number of fused-ring (bicyclic) bond motifs is 1. The largest absolute Gasteiger partial charge is 0.485 e. The van der Waals surface area contributed by atoms with Crippen LogP contribution >= 0.6 is 11.8 Å². The van der Waals surface area contributed by atoms with Crippen LogP contribution in [-0.4, -0.2) is 24.1 Å². The first-order valence-corrected chi connectivity index (χ1v) is 10.00. The molecule has 28 heavy (non-hydrogen) atoms. The zero-order valence-corrected chi connectivity index (χ0v) is 16.5. The van der Waals surface area contributed by atoms with Crippen molar-refractivity contribution in [1.82, 2.24) is 24.1 Å². The van der Waals surface area contributed by atoms with E-state index in [4.69, 9.17) is 4.74 Å². The van der Waals surface area contributed by atoms with Gasteiger partial charge in [-0.05, 0) is 30.7 Å². The van der Waals surface area contributed by atoms with Crippen molar-refractivity contribution >= 4 is 17.4 Å². The predicted octanol–water partition coefficient (Wildman–Crippen LogP) is 4.29. The van der Waals surface area contributed by atoms with Gasteiger partial charge in [0.05, 0.1) is 5.69 Å². The molecule has 0 radical (unpaired) electrons. The molecular formula is C21H21N5OS. The van der Waals surface area contributed by atoms with Crippen LogP contribution in [0.3, 0.4) is 0 Å². The lowest BCUT2D eigenvalue weighted by molar-refractivity contribution is 0.287. The van der Waals surface area contributed by atoms with Gasteiger partial charge in [0.1, 0.15) is 18.0 Å². The van der Waals surface area contributed by atoms with Gasteiger partial charge in [0.25, 0.3) is 0 Å². The highest BCUT2D eigenvalue weighted by Gasteiger charge is 2.14. The maximum atomic E-state index is 5.94. The molecule has 4 aromatic rings. The van der Waals surface area contributed by atoms with Crippen molar-refractivity contribution < 1.29 is 4.74 Å². The number of allylic oxidation sites excluding steroid dienone is 1. The Bertz CT molecular complexity index is 1070. The fourth-order valence-corrected chi connectivity index (χ4v) is 3.75. The first kappa shape index (κ1) is 18.3. The summed E-state index contributed by atoms with van der Waals surface area (Å²) in [6.45, 7) is 6.88. The molecule has 3 aromatic heterocycles. The summed E-state index contributed by atoms with van der Waals surface area (Å²) in [5, 5.41) is 9.51.